The van der Waals surface area contributed by atoms with Gasteiger partial charge in [-0.15, -0.1) is 0 Å². The summed E-state index contributed by atoms with van der Waals surface area (Å²) >= 11 is 0. The Morgan fingerprint density at radius 2 is 1.82 bits per heavy atom. The molecule has 0 unspecified atom stereocenters. The lowest BCUT2D eigenvalue weighted by atomic mass is 9.82. The van der Waals surface area contributed by atoms with E-state index in [-0.39, 0.29) is 12.5 Å². The van der Waals surface area contributed by atoms with Gasteiger partial charge in [-0.05, 0) is 62.4 Å². The fourth-order valence-electron chi connectivity index (χ4n) is 3.60. The molecule has 1 amide bonds. The van der Waals surface area contributed by atoms with E-state index in [1.165, 1.54) is 4.31 Å². The molecule has 1 saturated heterocycles. The fraction of sp³-hybridized carbons (Fsp3) is 0.409. The molecule has 0 radical (unpaired) electrons. The second-order valence-corrected chi connectivity index (χ2v) is 9.86. The van der Waals surface area contributed by atoms with Crippen LogP contribution in [0.15, 0.2) is 53.4 Å². The molecule has 0 aromatic heterocycles. The Morgan fingerprint density at radius 1 is 1.11 bits per heavy atom. The van der Waals surface area contributed by atoms with Gasteiger partial charge in [-0.25, -0.2) is 8.42 Å². The maximum Gasteiger partial charge on any atom is 0.243 e. The summed E-state index contributed by atoms with van der Waals surface area (Å²) in [6.07, 6.45) is 1.34. The number of sulfonamides is 1. The molecular weight excluding hydrogens is 372 g/mol. The number of nitrogens with one attached hydrogen (secondary N) is 1. The lowest BCUT2D eigenvalue weighted by Gasteiger charge is -2.38. The number of hydrogen-bond acceptors (Lipinski definition) is 3. The SMILES string of the molecule is Cc1ccc(S(=O)(=O)N2CCC[C@@](C)(C(=O)NCc3ccccc3)C2)cc1C. The number of aryl methyl sites for hydroxylation is 2. The maximum absolute atomic E-state index is 13.1. The fourth-order valence-corrected chi connectivity index (χ4v) is 5.29. The Bertz CT molecular complexity index is 957. The predicted molar refractivity (Wildman–Crippen MR) is 110 cm³/mol. The highest BCUT2D eigenvalue weighted by Crippen LogP contribution is 2.33. The van der Waals surface area contributed by atoms with Gasteiger partial charge in [-0.1, -0.05) is 36.4 Å². The van der Waals surface area contributed by atoms with Crippen molar-refractivity contribution in [1.82, 2.24) is 9.62 Å². The smallest absolute Gasteiger partial charge is 0.243 e. The van der Waals surface area contributed by atoms with Crippen molar-refractivity contribution in [2.75, 3.05) is 13.1 Å². The normalized spacial score (nSPS) is 20.7. The third-order valence-electron chi connectivity index (χ3n) is 5.62. The van der Waals surface area contributed by atoms with Crippen LogP contribution in [-0.4, -0.2) is 31.7 Å². The summed E-state index contributed by atoms with van der Waals surface area (Å²) < 4.78 is 27.7. The molecule has 6 heteroatoms. The highest BCUT2D eigenvalue weighted by Gasteiger charge is 2.41. The lowest BCUT2D eigenvalue weighted by molar-refractivity contribution is -0.132. The van der Waals surface area contributed by atoms with Crippen molar-refractivity contribution in [2.24, 2.45) is 5.41 Å². The van der Waals surface area contributed by atoms with E-state index in [0.29, 0.717) is 30.8 Å². The van der Waals surface area contributed by atoms with Gasteiger partial charge in [0.15, 0.2) is 0 Å². The van der Waals surface area contributed by atoms with Gasteiger partial charge >= 0.3 is 0 Å². The Labute approximate surface area is 167 Å². The molecule has 0 spiro atoms. The van der Waals surface area contributed by atoms with Crippen molar-refractivity contribution in [1.29, 1.82) is 0 Å². The van der Waals surface area contributed by atoms with Crippen LogP contribution in [0.2, 0.25) is 0 Å². The molecule has 2 aromatic carbocycles. The van der Waals surface area contributed by atoms with Gasteiger partial charge < -0.3 is 5.32 Å². The van der Waals surface area contributed by atoms with E-state index in [9.17, 15) is 13.2 Å². The molecular formula is C22H28N2O3S. The summed E-state index contributed by atoms with van der Waals surface area (Å²) in [6, 6.07) is 14.9. The number of carbonyl (C=O) groups excluding carboxylic acids is 1. The van der Waals surface area contributed by atoms with E-state index in [4.69, 9.17) is 0 Å². The monoisotopic (exact) mass is 400 g/mol. The zero-order valence-corrected chi connectivity index (χ0v) is 17.6. The van der Waals surface area contributed by atoms with Crippen molar-refractivity contribution >= 4 is 15.9 Å². The summed E-state index contributed by atoms with van der Waals surface area (Å²) in [5.74, 6) is -0.101. The minimum absolute atomic E-state index is 0.101. The van der Waals surface area contributed by atoms with E-state index in [0.717, 1.165) is 16.7 Å². The van der Waals surface area contributed by atoms with E-state index < -0.39 is 15.4 Å². The zero-order chi connectivity index (χ0) is 20.4. The van der Waals surface area contributed by atoms with Gasteiger partial charge in [0.1, 0.15) is 0 Å². The topological polar surface area (TPSA) is 66.5 Å². The quantitative estimate of drug-likeness (QED) is 0.836. The molecule has 5 nitrogen and oxygen atoms in total. The first-order valence-corrected chi connectivity index (χ1v) is 11.1. The Balaban J connectivity index is 1.74. The van der Waals surface area contributed by atoms with Gasteiger partial charge in [0.05, 0.1) is 10.3 Å². The van der Waals surface area contributed by atoms with Crippen LogP contribution in [0.3, 0.4) is 0 Å². The number of carbonyl (C=O) groups is 1. The lowest BCUT2D eigenvalue weighted by Crippen LogP contribution is -2.51. The summed E-state index contributed by atoms with van der Waals surface area (Å²) in [4.78, 5) is 13.2. The van der Waals surface area contributed by atoms with Crippen LogP contribution in [0.1, 0.15) is 36.5 Å². The maximum atomic E-state index is 13.1. The second-order valence-electron chi connectivity index (χ2n) is 7.92. The van der Waals surface area contributed by atoms with Crippen molar-refractivity contribution < 1.29 is 13.2 Å². The molecule has 1 atom stereocenters. The number of nitrogens with zero attached hydrogens (tertiary/aromatic N) is 1. The second kappa shape index (κ2) is 8.05. The predicted octanol–water partition coefficient (Wildman–Crippen LogP) is 3.41. The number of piperidine rings is 1. The first-order valence-electron chi connectivity index (χ1n) is 9.62. The summed E-state index contributed by atoms with van der Waals surface area (Å²) in [5.41, 5.74) is 2.29. The molecule has 2 aromatic rings. The van der Waals surface area contributed by atoms with Crippen LogP contribution in [0.4, 0.5) is 0 Å². The van der Waals surface area contributed by atoms with Crippen LogP contribution in [0, 0.1) is 19.3 Å². The van der Waals surface area contributed by atoms with Gasteiger partial charge in [0, 0.05) is 19.6 Å². The molecule has 0 bridgehead atoms. The summed E-state index contributed by atoms with van der Waals surface area (Å²) in [6.45, 7) is 6.81. The summed E-state index contributed by atoms with van der Waals surface area (Å²) in [5, 5.41) is 2.98. The van der Waals surface area contributed by atoms with Crippen LogP contribution in [-0.2, 0) is 21.4 Å². The molecule has 1 fully saturated rings. The highest BCUT2D eigenvalue weighted by molar-refractivity contribution is 7.89. The largest absolute Gasteiger partial charge is 0.352 e. The third kappa shape index (κ3) is 4.28. The first kappa shape index (κ1) is 20.6. The van der Waals surface area contributed by atoms with Crippen molar-refractivity contribution in [3.63, 3.8) is 0 Å². The zero-order valence-electron chi connectivity index (χ0n) is 16.7. The van der Waals surface area contributed by atoms with Gasteiger partial charge in [-0.3, -0.25) is 4.79 Å². The minimum Gasteiger partial charge on any atom is -0.352 e. The first-order chi connectivity index (χ1) is 13.2. The van der Waals surface area contributed by atoms with E-state index >= 15 is 0 Å². The van der Waals surface area contributed by atoms with E-state index in [1.54, 1.807) is 12.1 Å². The van der Waals surface area contributed by atoms with Crippen molar-refractivity contribution in [3.8, 4) is 0 Å². The van der Waals surface area contributed by atoms with Gasteiger partial charge in [-0.2, -0.15) is 4.31 Å². The van der Waals surface area contributed by atoms with Gasteiger partial charge in [0.2, 0.25) is 15.9 Å². The Kier molecular flexibility index (Phi) is 5.91. The standard InChI is InChI=1S/C22H28N2O3S/c1-17-10-11-20(14-18(17)2)28(26,27)24-13-7-12-22(3,16-24)21(25)23-15-19-8-5-4-6-9-19/h4-6,8-11,14H,7,12-13,15-16H2,1-3H3,(H,23,25)/t22-/m1/s1. The molecule has 28 heavy (non-hydrogen) atoms. The molecule has 1 N–H and O–H groups in total. The number of benzene rings is 2. The molecule has 1 aliphatic heterocycles. The number of amides is 1. The van der Waals surface area contributed by atoms with Gasteiger partial charge in [0.25, 0.3) is 0 Å². The van der Waals surface area contributed by atoms with Crippen LogP contribution < -0.4 is 5.32 Å². The molecule has 150 valence electrons. The molecule has 0 saturated carbocycles. The minimum atomic E-state index is -3.62. The average Bonchev–Trinajstić information content (AvgIpc) is 2.69. The average molecular weight is 401 g/mol. The Morgan fingerprint density at radius 3 is 2.50 bits per heavy atom. The van der Waals surface area contributed by atoms with Crippen LogP contribution in [0.25, 0.3) is 0 Å². The molecule has 0 aliphatic carbocycles. The summed E-state index contributed by atoms with van der Waals surface area (Å²) in [7, 11) is -3.62. The highest BCUT2D eigenvalue weighted by atomic mass is 32.2. The van der Waals surface area contributed by atoms with E-state index in [2.05, 4.69) is 5.32 Å². The number of hydrogen-bond donors (Lipinski definition) is 1. The van der Waals surface area contributed by atoms with Crippen molar-refractivity contribution in [2.45, 2.75) is 45.1 Å². The Hall–Kier alpha value is -2.18. The molecule has 1 heterocycles. The molecule has 1 aliphatic rings. The third-order valence-corrected chi connectivity index (χ3v) is 7.46. The molecule has 3 rings (SSSR count). The van der Waals surface area contributed by atoms with E-state index in [1.807, 2.05) is 57.2 Å². The van der Waals surface area contributed by atoms with Crippen LogP contribution >= 0.6 is 0 Å². The number of rotatable bonds is 5. The van der Waals surface area contributed by atoms with Crippen LogP contribution in [0.5, 0.6) is 0 Å². The van der Waals surface area contributed by atoms with Crippen molar-refractivity contribution in [3.05, 3.63) is 65.2 Å².